The minimum Gasteiger partial charge on any atom is -0.480 e. The molecule has 4 heterocycles. The Morgan fingerprint density at radius 1 is 1.03 bits per heavy atom. The fourth-order valence-electron chi connectivity index (χ4n) is 6.96. The number of carboxylic acid groups (broad SMARTS) is 2. The maximum atomic E-state index is 15.4. The molecule has 306 valence electrons. The molecule has 9 N–H and O–H groups in total. The highest BCUT2D eigenvalue weighted by Gasteiger charge is 2.54. The number of aliphatic carboxylic acids is 2. The van der Waals surface area contributed by atoms with Crippen LogP contribution < -0.4 is 32.4 Å². The number of benzene rings is 2. The van der Waals surface area contributed by atoms with Crippen molar-refractivity contribution in [2.24, 2.45) is 11.5 Å². The van der Waals surface area contributed by atoms with E-state index < -0.39 is 89.5 Å². The zero-order chi connectivity index (χ0) is 41.6. The van der Waals surface area contributed by atoms with Crippen LogP contribution >= 0.6 is 11.8 Å². The highest BCUT2D eigenvalue weighted by molar-refractivity contribution is 8.00. The van der Waals surface area contributed by atoms with E-state index in [-0.39, 0.29) is 45.6 Å². The number of ether oxygens (including phenoxy) is 2. The minimum absolute atomic E-state index is 0.00899. The Kier molecular flexibility index (Phi) is 11.1. The van der Waals surface area contributed by atoms with Crippen LogP contribution in [-0.4, -0.2) is 116 Å². The average molecular weight is 824 g/mol. The number of esters is 1. The van der Waals surface area contributed by atoms with Gasteiger partial charge in [0.05, 0.1) is 11.2 Å². The molecule has 1 aliphatic carbocycles. The van der Waals surface area contributed by atoms with Crippen LogP contribution in [0.4, 0.5) is 20.6 Å². The van der Waals surface area contributed by atoms with Gasteiger partial charge in [0.1, 0.15) is 47.7 Å². The van der Waals surface area contributed by atoms with Gasteiger partial charge in [0, 0.05) is 53.8 Å². The molecule has 1 unspecified atom stereocenters. The third-order valence-electron chi connectivity index (χ3n) is 10.2. The average Bonchev–Trinajstić information content (AvgIpc) is 3.96. The number of aromatic nitrogens is 1. The number of rotatable bonds is 13. The van der Waals surface area contributed by atoms with E-state index in [4.69, 9.17) is 26.0 Å². The molecule has 3 aliphatic heterocycles. The van der Waals surface area contributed by atoms with Crippen LogP contribution in [0.1, 0.15) is 47.3 Å². The summed E-state index contributed by atoms with van der Waals surface area (Å²) in [7, 11) is 0. The maximum Gasteiger partial charge on any atom is 0.411 e. The van der Waals surface area contributed by atoms with Gasteiger partial charge in [-0.15, -0.1) is 11.8 Å². The van der Waals surface area contributed by atoms with Crippen LogP contribution in [-0.2, 0) is 28.7 Å². The third kappa shape index (κ3) is 7.92. The van der Waals surface area contributed by atoms with Crippen molar-refractivity contribution in [3.63, 3.8) is 0 Å². The lowest BCUT2D eigenvalue weighted by molar-refractivity contribution is -0.151. The molecular weight excluding hydrogens is 786 g/mol. The van der Waals surface area contributed by atoms with Crippen molar-refractivity contribution in [1.29, 1.82) is 0 Å². The first-order valence-corrected chi connectivity index (χ1v) is 19.1. The summed E-state index contributed by atoms with van der Waals surface area (Å²) in [5, 5.41) is 33.5. The van der Waals surface area contributed by atoms with E-state index in [1.54, 1.807) is 10.6 Å². The molecule has 19 nitrogen and oxygen atoms in total. The molecule has 0 bridgehead atoms. The Morgan fingerprint density at radius 2 is 1.76 bits per heavy atom. The molecule has 1 saturated carbocycles. The molecule has 2 aromatic carbocycles. The molecule has 58 heavy (non-hydrogen) atoms. The highest BCUT2D eigenvalue weighted by Crippen LogP contribution is 2.41. The first-order chi connectivity index (χ1) is 27.6. The number of thioether (sulfide) groups is 1. The van der Waals surface area contributed by atoms with Crippen LogP contribution in [0.2, 0.25) is 0 Å². The summed E-state index contributed by atoms with van der Waals surface area (Å²) >= 11 is 1.08. The third-order valence-corrected chi connectivity index (χ3v) is 11.5. The topological polar surface area (TPSA) is 286 Å². The van der Waals surface area contributed by atoms with E-state index in [1.165, 1.54) is 30.5 Å². The van der Waals surface area contributed by atoms with E-state index in [9.17, 15) is 43.8 Å². The standard InChI is InChI=1S/C37H38FN7O12S/c38-23-9-21-25(10-26(23)43-8-7-18(39)11-43)44(20-5-6-20)12-22(30(21)47)36(54)56-13-17-15-58-33-27(32(49)45(33)28(17)35(52)53)42-31(48)29(46)16-1-3-19(4-2-16)41-37(55)57-14-24(40)34(50)51/h1-4,9-10,12,18,20,24,27,29,33,46H,5-8,11,13-15,39-40H2,(H,41,55)(H,42,48)(H,50,51)(H,52,53)/t18?,24-,27-,29-,33-/m1/s1. The summed E-state index contributed by atoms with van der Waals surface area (Å²) in [6, 6.07) is 5.25. The van der Waals surface area contributed by atoms with E-state index in [1.807, 2.05) is 4.90 Å². The number of carboxylic acids is 2. The SMILES string of the molecule is NC1CCN(c2cc3c(cc2F)c(=O)c(C(=O)OCC2=C(C(=O)O)N4C(=O)[C@@H](NC(=O)[C@H](O)c5ccc(NC(=O)OC[C@@H](N)C(=O)O)cc5)[C@H]4SC2)cn3C2CC2)C1. The van der Waals surface area contributed by atoms with Crippen molar-refractivity contribution in [2.75, 3.05) is 42.3 Å². The molecule has 3 aromatic rings. The summed E-state index contributed by atoms with van der Waals surface area (Å²) < 4.78 is 27.3. The monoisotopic (exact) mass is 823 g/mol. The lowest BCUT2D eigenvalue weighted by Crippen LogP contribution is -2.71. The Morgan fingerprint density at radius 3 is 2.40 bits per heavy atom. The van der Waals surface area contributed by atoms with E-state index in [2.05, 4.69) is 10.6 Å². The molecule has 4 aliphatic rings. The quantitative estimate of drug-likeness (QED) is 0.0918. The van der Waals surface area contributed by atoms with E-state index in [0.29, 0.717) is 30.7 Å². The van der Waals surface area contributed by atoms with Crippen molar-refractivity contribution >= 4 is 69.9 Å². The van der Waals surface area contributed by atoms with Gasteiger partial charge in [-0.25, -0.2) is 18.8 Å². The number of nitrogens with zero attached hydrogens (tertiary/aromatic N) is 3. The number of hydrogen-bond donors (Lipinski definition) is 7. The van der Waals surface area contributed by atoms with E-state index >= 15 is 4.39 Å². The number of carbonyl (C=O) groups excluding carboxylic acids is 4. The van der Waals surface area contributed by atoms with Crippen LogP contribution in [0.15, 0.2) is 58.7 Å². The van der Waals surface area contributed by atoms with Gasteiger partial charge >= 0.3 is 24.0 Å². The molecule has 3 amide bonds. The Bertz CT molecular complexity index is 2320. The number of anilines is 2. The summed E-state index contributed by atoms with van der Waals surface area (Å²) in [5.74, 6) is -6.34. The number of aliphatic hydroxyl groups is 1. The first-order valence-electron chi connectivity index (χ1n) is 18.1. The molecule has 7 rings (SSSR count). The number of aliphatic hydroxyl groups excluding tert-OH is 1. The van der Waals surface area contributed by atoms with Crippen molar-refractivity contribution in [3.05, 3.63) is 81.0 Å². The summed E-state index contributed by atoms with van der Waals surface area (Å²) in [6.07, 6.45) is 0.888. The molecule has 21 heteroatoms. The van der Waals surface area contributed by atoms with Gasteiger partial charge in [-0.2, -0.15) is 0 Å². The van der Waals surface area contributed by atoms with Crippen molar-refractivity contribution in [2.45, 2.75) is 54.9 Å². The largest absolute Gasteiger partial charge is 0.480 e. The number of nitrogens with two attached hydrogens (primary N) is 2. The lowest BCUT2D eigenvalue weighted by atomic mass is 10.0. The predicted octanol–water partition coefficient (Wildman–Crippen LogP) is 0.602. The fourth-order valence-corrected chi connectivity index (χ4v) is 8.28. The fraction of sp³-hybridized carbons (Fsp3) is 0.378. The number of pyridine rings is 1. The Balaban J connectivity index is 0.996. The summed E-state index contributed by atoms with van der Waals surface area (Å²) in [4.78, 5) is 91.1. The van der Waals surface area contributed by atoms with Crippen LogP contribution in [0.5, 0.6) is 0 Å². The van der Waals surface area contributed by atoms with Crippen LogP contribution in [0, 0.1) is 5.82 Å². The van der Waals surface area contributed by atoms with Gasteiger partial charge in [-0.3, -0.25) is 29.4 Å². The lowest BCUT2D eigenvalue weighted by Gasteiger charge is -2.49. The number of nitrogens with one attached hydrogen (secondary N) is 2. The number of halogens is 1. The second kappa shape index (κ2) is 16.1. The van der Waals surface area contributed by atoms with Gasteiger partial charge in [0.15, 0.2) is 6.10 Å². The molecule has 5 atom stereocenters. The predicted molar refractivity (Wildman–Crippen MR) is 203 cm³/mol. The van der Waals surface area contributed by atoms with Crippen molar-refractivity contribution in [1.82, 2.24) is 14.8 Å². The maximum absolute atomic E-state index is 15.4. The van der Waals surface area contributed by atoms with Gasteiger partial charge < -0.3 is 51.0 Å². The minimum atomic E-state index is -1.77. The zero-order valence-corrected chi connectivity index (χ0v) is 31.3. The zero-order valence-electron chi connectivity index (χ0n) is 30.5. The number of amides is 3. The molecule has 2 saturated heterocycles. The Labute approximate surface area is 331 Å². The van der Waals surface area contributed by atoms with Crippen molar-refractivity contribution < 1.29 is 58.0 Å². The number of carbonyl (C=O) groups is 6. The highest BCUT2D eigenvalue weighted by atomic mass is 32.2. The van der Waals surface area contributed by atoms with E-state index in [0.717, 1.165) is 35.6 Å². The molecule has 1 aromatic heterocycles. The van der Waals surface area contributed by atoms with Crippen molar-refractivity contribution in [3.8, 4) is 0 Å². The van der Waals surface area contributed by atoms with Gasteiger partial charge in [0.25, 0.3) is 11.8 Å². The summed E-state index contributed by atoms with van der Waals surface area (Å²) in [6.45, 7) is -0.137. The molecular formula is C37H38FN7O12S. The summed E-state index contributed by atoms with van der Waals surface area (Å²) in [5.41, 5.74) is 10.9. The molecule has 0 spiro atoms. The van der Waals surface area contributed by atoms with Gasteiger partial charge in [0.2, 0.25) is 5.43 Å². The second-order valence-electron chi connectivity index (χ2n) is 14.2. The second-order valence-corrected chi connectivity index (χ2v) is 15.4. The number of fused-ring (bicyclic) bond motifs is 2. The number of β-lactam (4-membered cyclic amide) rings is 1. The first kappa shape index (κ1) is 40.2. The molecule has 3 fully saturated rings. The van der Waals surface area contributed by atoms with Gasteiger partial charge in [-0.05, 0) is 49.1 Å². The molecule has 0 radical (unpaired) electrons. The Hall–Kier alpha value is -6.03. The van der Waals surface area contributed by atoms with Crippen LogP contribution in [0.3, 0.4) is 0 Å². The normalized spacial score (nSPS) is 21.2. The van der Waals surface area contributed by atoms with Crippen LogP contribution in [0.25, 0.3) is 10.9 Å². The number of hydrogen-bond acceptors (Lipinski definition) is 14. The van der Waals surface area contributed by atoms with Gasteiger partial charge in [-0.1, -0.05) is 12.1 Å². The smallest absolute Gasteiger partial charge is 0.411 e.